The zero-order valence-corrected chi connectivity index (χ0v) is 12.5. The number of rotatable bonds is 5. The molecule has 0 aromatic carbocycles. The van der Waals surface area contributed by atoms with Gasteiger partial charge in [-0.25, -0.2) is 4.98 Å². The van der Waals surface area contributed by atoms with Crippen LogP contribution in [0.5, 0.6) is 0 Å². The zero-order chi connectivity index (χ0) is 13.0. The molecule has 2 rings (SSSR count). The van der Waals surface area contributed by atoms with Gasteiger partial charge in [0.2, 0.25) is 5.13 Å². The van der Waals surface area contributed by atoms with Crippen LogP contribution < -0.4 is 10.2 Å². The summed E-state index contributed by atoms with van der Waals surface area (Å²) >= 11 is 1.57. The van der Waals surface area contributed by atoms with Gasteiger partial charge in [0.15, 0.2) is 0 Å². The molecule has 0 aliphatic carbocycles. The molecular formula is C13H24N4S. The topological polar surface area (TPSA) is 41.0 Å². The van der Waals surface area contributed by atoms with E-state index in [1.807, 2.05) is 7.05 Å². The Morgan fingerprint density at radius 2 is 2.28 bits per heavy atom. The molecule has 1 saturated heterocycles. The van der Waals surface area contributed by atoms with Crippen LogP contribution in [0.3, 0.4) is 0 Å². The normalized spacial score (nSPS) is 20.7. The third kappa shape index (κ3) is 3.20. The second-order valence-electron chi connectivity index (χ2n) is 5.33. The molecule has 5 heteroatoms. The van der Waals surface area contributed by atoms with Gasteiger partial charge in [-0.2, -0.15) is 4.37 Å². The first-order chi connectivity index (χ1) is 8.72. The summed E-state index contributed by atoms with van der Waals surface area (Å²) in [7, 11) is 2.02. The van der Waals surface area contributed by atoms with E-state index >= 15 is 0 Å². The van der Waals surface area contributed by atoms with Crippen molar-refractivity contribution in [3.05, 3.63) is 5.82 Å². The second kappa shape index (κ2) is 6.48. The highest BCUT2D eigenvalue weighted by molar-refractivity contribution is 7.09. The molecule has 4 nitrogen and oxygen atoms in total. The fraction of sp³-hybridized carbons (Fsp3) is 0.846. The van der Waals surface area contributed by atoms with Crippen molar-refractivity contribution in [1.82, 2.24) is 14.7 Å². The molecule has 1 unspecified atom stereocenters. The Hall–Kier alpha value is -0.680. The number of nitrogens with zero attached hydrogens (tertiary/aromatic N) is 3. The van der Waals surface area contributed by atoms with Crippen LogP contribution >= 0.6 is 11.5 Å². The lowest BCUT2D eigenvalue weighted by atomic mass is 10.00. The summed E-state index contributed by atoms with van der Waals surface area (Å²) in [5.41, 5.74) is 0. The fourth-order valence-electron chi connectivity index (χ4n) is 2.44. The molecule has 1 atom stereocenters. The maximum absolute atomic E-state index is 4.70. The third-order valence-corrected chi connectivity index (χ3v) is 4.32. The minimum absolute atomic E-state index is 0.426. The van der Waals surface area contributed by atoms with Gasteiger partial charge >= 0.3 is 0 Å². The Morgan fingerprint density at radius 3 is 2.94 bits per heavy atom. The van der Waals surface area contributed by atoms with Crippen molar-refractivity contribution < 1.29 is 0 Å². The van der Waals surface area contributed by atoms with E-state index in [0.29, 0.717) is 12.0 Å². The molecule has 18 heavy (non-hydrogen) atoms. The zero-order valence-electron chi connectivity index (χ0n) is 11.6. The highest BCUT2D eigenvalue weighted by Crippen LogP contribution is 2.29. The standard InChI is InChI=1S/C13H24N4S/c1-10(2)12-15-13(18-16-12)17-9-5-4-6-11(17)7-8-14-3/h10-11,14H,4-9H2,1-3H3. The minimum Gasteiger partial charge on any atom is -0.344 e. The molecule has 1 aliphatic rings. The lowest BCUT2D eigenvalue weighted by Gasteiger charge is -2.35. The molecule has 1 fully saturated rings. The van der Waals surface area contributed by atoms with Crippen molar-refractivity contribution in [2.45, 2.75) is 51.5 Å². The predicted molar refractivity (Wildman–Crippen MR) is 77.5 cm³/mol. The average Bonchev–Trinajstić information content (AvgIpc) is 2.86. The van der Waals surface area contributed by atoms with Crippen molar-refractivity contribution in [2.75, 3.05) is 25.0 Å². The van der Waals surface area contributed by atoms with Gasteiger partial charge in [-0.1, -0.05) is 13.8 Å². The minimum atomic E-state index is 0.426. The highest BCUT2D eigenvalue weighted by Gasteiger charge is 2.25. The van der Waals surface area contributed by atoms with Crippen molar-refractivity contribution in [1.29, 1.82) is 0 Å². The van der Waals surface area contributed by atoms with E-state index in [0.717, 1.165) is 24.0 Å². The van der Waals surface area contributed by atoms with Gasteiger partial charge in [0.1, 0.15) is 5.82 Å². The van der Waals surface area contributed by atoms with Crippen LogP contribution in [0.2, 0.25) is 0 Å². The summed E-state index contributed by atoms with van der Waals surface area (Å²) in [6.45, 7) is 6.53. The molecule has 1 aromatic heterocycles. The van der Waals surface area contributed by atoms with Crippen molar-refractivity contribution in [3.8, 4) is 0 Å². The van der Waals surface area contributed by atoms with Gasteiger partial charge in [-0.15, -0.1) is 0 Å². The molecule has 102 valence electrons. The van der Waals surface area contributed by atoms with Gasteiger partial charge in [0.05, 0.1) is 0 Å². The molecular weight excluding hydrogens is 244 g/mol. The monoisotopic (exact) mass is 268 g/mol. The summed E-state index contributed by atoms with van der Waals surface area (Å²) in [5, 5.41) is 4.38. The molecule has 1 aliphatic heterocycles. The lowest BCUT2D eigenvalue weighted by molar-refractivity contribution is 0.432. The molecule has 0 amide bonds. The summed E-state index contributed by atoms with van der Waals surface area (Å²) in [4.78, 5) is 7.18. The van der Waals surface area contributed by atoms with Gasteiger partial charge in [0, 0.05) is 30.0 Å². The summed E-state index contributed by atoms with van der Waals surface area (Å²) in [6.07, 6.45) is 5.12. The van der Waals surface area contributed by atoms with Crippen molar-refractivity contribution >= 4 is 16.7 Å². The van der Waals surface area contributed by atoms with E-state index in [1.165, 1.54) is 25.7 Å². The molecule has 0 radical (unpaired) electrons. The van der Waals surface area contributed by atoms with Gasteiger partial charge in [0.25, 0.3) is 0 Å². The third-order valence-electron chi connectivity index (χ3n) is 3.55. The van der Waals surface area contributed by atoms with Crippen LogP contribution in [0.15, 0.2) is 0 Å². The van der Waals surface area contributed by atoms with E-state index in [-0.39, 0.29) is 0 Å². The average molecular weight is 268 g/mol. The predicted octanol–water partition coefficient (Wildman–Crippen LogP) is 2.63. The van der Waals surface area contributed by atoms with Crippen LogP contribution in [-0.2, 0) is 0 Å². The molecule has 1 aromatic rings. The van der Waals surface area contributed by atoms with Gasteiger partial charge in [-0.05, 0) is 39.3 Å². The molecule has 0 spiro atoms. The van der Waals surface area contributed by atoms with Gasteiger partial charge in [-0.3, -0.25) is 0 Å². The Bertz CT molecular complexity index is 364. The first kappa shape index (κ1) is 13.7. The van der Waals surface area contributed by atoms with E-state index in [1.54, 1.807) is 11.5 Å². The fourth-order valence-corrected chi connectivity index (χ4v) is 3.35. The van der Waals surface area contributed by atoms with E-state index in [4.69, 9.17) is 4.98 Å². The number of aromatic nitrogens is 2. The number of hydrogen-bond donors (Lipinski definition) is 1. The number of anilines is 1. The Labute approximate surface area is 114 Å². The molecule has 2 heterocycles. The van der Waals surface area contributed by atoms with Crippen LogP contribution in [-0.4, -0.2) is 35.5 Å². The number of hydrogen-bond acceptors (Lipinski definition) is 5. The van der Waals surface area contributed by atoms with Gasteiger partial charge < -0.3 is 10.2 Å². The van der Waals surface area contributed by atoms with Crippen LogP contribution in [0.1, 0.15) is 51.3 Å². The van der Waals surface area contributed by atoms with Crippen LogP contribution in [0.25, 0.3) is 0 Å². The Balaban J connectivity index is 2.06. The Kier molecular flexibility index (Phi) is 4.95. The lowest BCUT2D eigenvalue weighted by Crippen LogP contribution is -2.41. The molecule has 0 saturated carbocycles. The summed E-state index contributed by atoms with van der Waals surface area (Å²) < 4.78 is 4.48. The number of piperidine rings is 1. The first-order valence-corrected chi connectivity index (χ1v) is 7.74. The van der Waals surface area contributed by atoms with Crippen LogP contribution in [0.4, 0.5) is 5.13 Å². The smallest absolute Gasteiger partial charge is 0.205 e. The SMILES string of the molecule is CNCCC1CCCCN1c1nc(C(C)C)ns1. The van der Waals surface area contributed by atoms with Crippen molar-refractivity contribution in [2.24, 2.45) is 0 Å². The molecule has 1 N–H and O–H groups in total. The number of nitrogens with one attached hydrogen (secondary N) is 1. The highest BCUT2D eigenvalue weighted by atomic mass is 32.1. The quantitative estimate of drug-likeness (QED) is 0.891. The van der Waals surface area contributed by atoms with Crippen molar-refractivity contribution in [3.63, 3.8) is 0 Å². The van der Waals surface area contributed by atoms with E-state index < -0.39 is 0 Å². The van der Waals surface area contributed by atoms with Crippen LogP contribution in [0, 0.1) is 0 Å². The Morgan fingerprint density at radius 1 is 1.44 bits per heavy atom. The van der Waals surface area contributed by atoms with E-state index in [2.05, 4.69) is 28.4 Å². The largest absolute Gasteiger partial charge is 0.344 e. The second-order valence-corrected chi connectivity index (χ2v) is 6.06. The van der Waals surface area contributed by atoms with E-state index in [9.17, 15) is 0 Å². The summed E-state index contributed by atoms with van der Waals surface area (Å²) in [6, 6.07) is 0.638. The summed E-state index contributed by atoms with van der Waals surface area (Å²) in [5.74, 6) is 1.42. The maximum Gasteiger partial charge on any atom is 0.205 e. The first-order valence-electron chi connectivity index (χ1n) is 6.97. The molecule has 0 bridgehead atoms. The maximum atomic E-state index is 4.70.